The largest absolute Gasteiger partial charge is 0.490 e. The Bertz CT molecular complexity index is 2630. The Kier molecular flexibility index (Phi) is 17.9. The number of amides is 2. The zero-order valence-corrected chi connectivity index (χ0v) is 37.2. The molecule has 2 aromatic carbocycles. The van der Waals surface area contributed by atoms with Crippen LogP contribution in [-0.2, 0) is 40.8 Å². The van der Waals surface area contributed by atoms with Gasteiger partial charge in [0.25, 0.3) is 0 Å². The van der Waals surface area contributed by atoms with Gasteiger partial charge < -0.3 is 51.4 Å². The van der Waals surface area contributed by atoms with Gasteiger partial charge in [0, 0.05) is 52.3 Å². The Balaban J connectivity index is 1.27. The number of nitrogens with zero attached hydrogens (tertiary/aromatic N) is 6. The summed E-state index contributed by atoms with van der Waals surface area (Å²) >= 11 is 7.19. The smallest absolute Gasteiger partial charge is 0.328 e. The van der Waals surface area contributed by atoms with Crippen molar-refractivity contribution in [2.75, 3.05) is 25.5 Å². The number of hydrogen-bond donors (Lipinski definition) is 6. The number of H-pyrrole nitrogens is 1. The molecule has 0 aliphatic carbocycles. The lowest BCUT2D eigenvalue weighted by atomic mass is 9.97. The molecule has 3 heterocycles. The molecule has 0 saturated carbocycles. The molecule has 0 aliphatic heterocycles. The molecule has 66 heavy (non-hydrogen) atoms. The Morgan fingerprint density at radius 3 is 2.38 bits per heavy atom. The van der Waals surface area contributed by atoms with Gasteiger partial charge in [-0.2, -0.15) is 10.5 Å². The third-order valence-corrected chi connectivity index (χ3v) is 10.7. The fraction of sp³-hybridized carbons (Fsp3) is 0.273. The number of aromatic nitrogens is 4. The van der Waals surface area contributed by atoms with Crippen LogP contribution in [0.25, 0.3) is 22.6 Å². The van der Waals surface area contributed by atoms with E-state index in [1.54, 1.807) is 61.5 Å². The number of nitriles is 2. The number of imidazole rings is 1. The van der Waals surface area contributed by atoms with Gasteiger partial charge in [0.05, 0.1) is 29.7 Å². The summed E-state index contributed by atoms with van der Waals surface area (Å²) in [5.74, 6) is -2.23. The van der Waals surface area contributed by atoms with Crippen LogP contribution < -0.4 is 32.6 Å². The van der Waals surface area contributed by atoms with Crippen LogP contribution in [0.15, 0.2) is 93.5 Å². The number of nitrogens with one attached hydrogen (secondary N) is 3. The molecule has 22 heteroatoms. The van der Waals surface area contributed by atoms with E-state index in [-0.39, 0.29) is 58.5 Å². The monoisotopic (exact) mass is 936 g/mol. The van der Waals surface area contributed by atoms with Crippen LogP contribution >= 0.6 is 23.4 Å². The van der Waals surface area contributed by atoms with Crippen molar-refractivity contribution in [1.82, 2.24) is 30.6 Å². The highest BCUT2D eigenvalue weighted by Gasteiger charge is 2.26. The van der Waals surface area contributed by atoms with Gasteiger partial charge in [0.15, 0.2) is 6.10 Å². The minimum Gasteiger partial charge on any atom is -0.490 e. The van der Waals surface area contributed by atoms with Crippen LogP contribution in [0.5, 0.6) is 5.75 Å². The molecule has 342 valence electrons. The van der Waals surface area contributed by atoms with Crippen molar-refractivity contribution in [3.05, 3.63) is 107 Å². The first-order valence-corrected chi connectivity index (χ1v) is 21.3. The Hall–Kier alpha value is -7.56. The molecule has 9 N–H and O–H groups in total. The van der Waals surface area contributed by atoms with Gasteiger partial charge >= 0.3 is 11.9 Å². The van der Waals surface area contributed by atoms with E-state index in [1.807, 2.05) is 6.07 Å². The zero-order chi connectivity index (χ0) is 47.8. The van der Waals surface area contributed by atoms with E-state index in [1.165, 1.54) is 37.5 Å². The van der Waals surface area contributed by atoms with Crippen LogP contribution in [-0.4, -0.2) is 94.4 Å². The fourth-order valence-corrected chi connectivity index (χ4v) is 6.97. The van der Waals surface area contributed by atoms with Crippen LogP contribution in [0, 0.1) is 22.7 Å². The number of nitrogens with two attached hydrogens (primary N) is 3. The van der Waals surface area contributed by atoms with E-state index in [4.69, 9.17) is 47.4 Å². The second-order valence-corrected chi connectivity index (χ2v) is 15.7. The Morgan fingerprint density at radius 1 is 1.02 bits per heavy atom. The maximum atomic E-state index is 13.0. The molecule has 0 aliphatic rings. The summed E-state index contributed by atoms with van der Waals surface area (Å²) < 4.78 is 22.5. The van der Waals surface area contributed by atoms with E-state index in [0.717, 1.165) is 5.56 Å². The van der Waals surface area contributed by atoms with Gasteiger partial charge in [-0.05, 0) is 62.5 Å². The highest BCUT2D eigenvalue weighted by molar-refractivity contribution is 7.98. The van der Waals surface area contributed by atoms with Gasteiger partial charge in [-0.1, -0.05) is 41.6 Å². The summed E-state index contributed by atoms with van der Waals surface area (Å²) in [4.78, 5) is 70.6. The van der Waals surface area contributed by atoms with Crippen LogP contribution in [0.3, 0.4) is 0 Å². The van der Waals surface area contributed by atoms with Gasteiger partial charge in [0.2, 0.25) is 17.7 Å². The quantitative estimate of drug-likeness (QED) is 0.0327. The number of allylic oxidation sites excluding steroid dienone is 1. The number of halogens is 1. The molecule has 2 amide bonds. The number of nitrogen functional groups attached to an aromatic ring is 1. The molecule has 0 bridgehead atoms. The maximum Gasteiger partial charge on any atom is 0.328 e. The minimum absolute atomic E-state index is 0.0112. The predicted octanol–water partition coefficient (Wildman–Crippen LogP) is 3.74. The van der Waals surface area contributed by atoms with Crippen molar-refractivity contribution in [3.63, 3.8) is 0 Å². The average molecular weight is 937 g/mol. The maximum absolute atomic E-state index is 13.0. The summed E-state index contributed by atoms with van der Waals surface area (Å²) in [7, 11) is 0. The van der Waals surface area contributed by atoms with E-state index in [9.17, 15) is 29.7 Å². The molecule has 0 fully saturated rings. The van der Waals surface area contributed by atoms with Crippen LogP contribution in [0.1, 0.15) is 42.8 Å². The van der Waals surface area contributed by atoms with Crippen molar-refractivity contribution in [3.8, 4) is 40.5 Å². The molecule has 20 nitrogen and oxygen atoms in total. The third-order valence-electron chi connectivity index (χ3n) is 9.46. The number of rotatable bonds is 22. The number of ether oxygens (including phenoxy) is 3. The van der Waals surface area contributed by atoms with Crippen molar-refractivity contribution >= 4 is 59.7 Å². The molecule has 0 radical (unpaired) electrons. The van der Waals surface area contributed by atoms with Gasteiger partial charge in [0.1, 0.15) is 66.4 Å². The number of aromatic amines is 1. The van der Waals surface area contributed by atoms with Gasteiger partial charge in [-0.15, -0.1) is 0 Å². The number of pyridine rings is 1. The van der Waals surface area contributed by atoms with Gasteiger partial charge in [-0.3, -0.25) is 19.4 Å². The first kappa shape index (κ1) is 49.5. The van der Waals surface area contributed by atoms with E-state index < -0.39 is 61.1 Å². The average Bonchev–Trinajstić information content (AvgIpc) is 4.03. The number of esters is 2. The second kappa shape index (κ2) is 23.9. The van der Waals surface area contributed by atoms with Crippen LogP contribution in [0.4, 0.5) is 5.82 Å². The second-order valence-electron chi connectivity index (χ2n) is 14.3. The lowest BCUT2D eigenvalue weighted by molar-refractivity contribution is -0.161. The summed E-state index contributed by atoms with van der Waals surface area (Å²) in [6.07, 6.45) is 5.10. The zero-order valence-electron chi connectivity index (χ0n) is 35.7. The molecule has 5 rings (SSSR count). The van der Waals surface area contributed by atoms with E-state index in [0.29, 0.717) is 33.6 Å². The molecule has 0 saturated heterocycles. The summed E-state index contributed by atoms with van der Waals surface area (Å²) in [5, 5.41) is 26.2. The molecule has 4 atom stereocenters. The molecule has 3 aromatic heterocycles. The summed E-state index contributed by atoms with van der Waals surface area (Å²) in [6, 6.07) is 14.3. The number of hydrogen-bond acceptors (Lipinski definition) is 18. The number of aliphatic imine (C=N–C) groups is 1. The number of thioether (sulfide) groups is 1. The standard InChI is InChI=1S/C44H45ClN12O8S/c1-4-28(51-3)13-36(49)41(60)55-24(2)44(61)64-21-32(65-37(58)18-53-40(59)35(48)14-29-17-52-23-54-29)20-62-31-11-7-25(8-12-31)38-33(15-46)39(50)57-43(34(38)16-47)66-22-30-19-63-42(56-30)26-5-9-27(45)10-6-26/h4-12,17,19,23-24,32,35-36H,3,13-14,18,20-22,48-49H2,1-2H3,(H2,50,57)(H,52,54)(H,53,59)(H,55,60)/b28-4-/t24-,32-,35-,36-/m0/s1. The van der Waals surface area contributed by atoms with Crippen molar-refractivity contribution < 1.29 is 37.8 Å². The highest BCUT2D eigenvalue weighted by Crippen LogP contribution is 2.37. The highest BCUT2D eigenvalue weighted by atomic mass is 35.5. The fourth-order valence-electron chi connectivity index (χ4n) is 5.97. The lowest BCUT2D eigenvalue weighted by Gasteiger charge is -2.21. The molecule has 0 spiro atoms. The van der Waals surface area contributed by atoms with Crippen LogP contribution in [0.2, 0.25) is 5.02 Å². The number of oxazole rings is 1. The summed E-state index contributed by atoms with van der Waals surface area (Å²) in [6.45, 7) is 5.10. The number of anilines is 1. The van der Waals surface area contributed by atoms with Gasteiger partial charge in [-0.25, -0.2) is 19.7 Å². The van der Waals surface area contributed by atoms with E-state index in [2.05, 4.69) is 48.3 Å². The predicted molar refractivity (Wildman–Crippen MR) is 243 cm³/mol. The molecular formula is C44H45ClN12O8S. The topological polar surface area (TPSA) is 326 Å². The van der Waals surface area contributed by atoms with Crippen molar-refractivity contribution in [1.29, 1.82) is 10.5 Å². The number of carbonyl (C=O) groups excluding carboxylic acids is 4. The van der Waals surface area contributed by atoms with E-state index >= 15 is 0 Å². The molecule has 5 aromatic rings. The Labute approximate surface area is 388 Å². The summed E-state index contributed by atoms with van der Waals surface area (Å²) in [5.41, 5.74) is 21.4. The first-order valence-electron chi connectivity index (χ1n) is 20.0. The third kappa shape index (κ3) is 13.7. The Morgan fingerprint density at radius 2 is 1.73 bits per heavy atom. The first-order chi connectivity index (χ1) is 31.7. The lowest BCUT2D eigenvalue weighted by Crippen LogP contribution is -2.48. The number of carbonyl (C=O) groups is 4. The molecule has 0 unspecified atom stereocenters. The van der Waals surface area contributed by atoms with Crippen molar-refractivity contribution in [2.24, 2.45) is 16.5 Å². The normalized spacial score (nSPS) is 12.9. The SMILES string of the molecule is C=N/C(=C\C)C[C@H](N)C(=O)N[C@@H](C)C(=O)OC[C@H](COc1ccc(-c2c(C#N)c(N)nc(SCc3coc(-c4ccc(Cl)cc4)n3)c2C#N)cc1)OC(=O)CNC(=O)[C@@H](N)Cc1cnc[nH]1. The molecular weight excluding hydrogens is 892 g/mol. The number of benzene rings is 2. The van der Waals surface area contributed by atoms with Crippen molar-refractivity contribution in [2.45, 2.75) is 61.7 Å². The minimum atomic E-state index is -1.22.